The lowest BCUT2D eigenvalue weighted by atomic mass is 10.0. The number of hydrogen-bond acceptors (Lipinski definition) is 4. The van der Waals surface area contributed by atoms with E-state index in [1.54, 1.807) is 13.0 Å². The predicted octanol–water partition coefficient (Wildman–Crippen LogP) is 5.42. The minimum absolute atomic E-state index is 0.0457. The first-order chi connectivity index (χ1) is 12.0. The van der Waals surface area contributed by atoms with Crippen LogP contribution in [-0.4, -0.2) is 17.3 Å². The molecule has 0 bridgehead atoms. The molecule has 1 N–H and O–H groups in total. The lowest BCUT2D eigenvalue weighted by Gasteiger charge is -2.10. The third-order valence-corrected chi connectivity index (χ3v) is 4.76. The second kappa shape index (κ2) is 7.29. The maximum Gasteiger partial charge on any atom is 0.261 e. The Morgan fingerprint density at radius 2 is 2.00 bits per heavy atom. The third kappa shape index (κ3) is 3.41. The van der Waals surface area contributed by atoms with E-state index in [-0.39, 0.29) is 27.6 Å². The zero-order valence-electron chi connectivity index (χ0n) is 13.5. The number of amides is 1. The molecule has 0 saturated carbocycles. The van der Waals surface area contributed by atoms with Crippen molar-refractivity contribution in [1.29, 1.82) is 0 Å². The van der Waals surface area contributed by atoms with E-state index in [1.807, 2.05) is 24.5 Å². The topological polar surface area (TPSA) is 55.1 Å². The van der Waals surface area contributed by atoms with Crippen LogP contribution in [0, 0.1) is 12.7 Å². The molecule has 4 nitrogen and oxygen atoms in total. The van der Waals surface area contributed by atoms with Crippen LogP contribution in [-0.2, 0) is 0 Å². The summed E-state index contributed by atoms with van der Waals surface area (Å²) in [4.78, 5) is 13.7. The monoisotopic (exact) mass is 376 g/mol. The van der Waals surface area contributed by atoms with Crippen LogP contribution in [0.2, 0.25) is 5.02 Å². The minimum Gasteiger partial charge on any atom is -0.360 e. The molecule has 0 spiro atoms. The number of nitrogens with zero attached hydrogens (tertiary/aromatic N) is 1. The van der Waals surface area contributed by atoms with Crippen molar-refractivity contribution < 1.29 is 13.7 Å². The van der Waals surface area contributed by atoms with Gasteiger partial charge in [-0.05, 0) is 37.4 Å². The Kier molecular flexibility index (Phi) is 5.11. The molecule has 3 rings (SSSR count). The standard InChI is InChI=1S/C18H14ClFN2O2S/c1-10-15(18(23)21-13-8-3-4-9-14(13)25-2)17(22-24-10)16-11(19)6-5-7-12(16)20/h3-9H,1-2H3,(H,21,23). The van der Waals surface area contributed by atoms with Gasteiger partial charge >= 0.3 is 0 Å². The molecule has 2 aromatic carbocycles. The fourth-order valence-electron chi connectivity index (χ4n) is 2.47. The number of thioether (sulfide) groups is 1. The second-order valence-electron chi connectivity index (χ2n) is 5.21. The number of carbonyl (C=O) groups excluding carboxylic acids is 1. The molecule has 0 aliphatic rings. The van der Waals surface area contributed by atoms with Gasteiger partial charge in [0.05, 0.1) is 16.3 Å². The van der Waals surface area contributed by atoms with Crippen molar-refractivity contribution in [2.45, 2.75) is 11.8 Å². The van der Waals surface area contributed by atoms with E-state index >= 15 is 0 Å². The molecule has 0 aliphatic carbocycles. The number of benzene rings is 2. The molecule has 0 aliphatic heterocycles. The SMILES string of the molecule is CSc1ccccc1NC(=O)c1c(-c2c(F)cccc2Cl)noc1C. The summed E-state index contributed by atoms with van der Waals surface area (Å²) in [6, 6.07) is 11.7. The van der Waals surface area contributed by atoms with Gasteiger partial charge in [-0.15, -0.1) is 11.8 Å². The Balaban J connectivity index is 2.04. The van der Waals surface area contributed by atoms with Gasteiger partial charge in [0, 0.05) is 4.90 Å². The van der Waals surface area contributed by atoms with Gasteiger partial charge in [0.2, 0.25) is 0 Å². The molecular formula is C18H14ClFN2O2S. The normalized spacial score (nSPS) is 10.7. The van der Waals surface area contributed by atoms with Gasteiger partial charge in [0.25, 0.3) is 5.91 Å². The summed E-state index contributed by atoms with van der Waals surface area (Å²) in [7, 11) is 0. The molecule has 0 unspecified atom stereocenters. The molecule has 1 amide bonds. The molecule has 1 heterocycles. The van der Waals surface area contributed by atoms with Crippen molar-refractivity contribution in [1.82, 2.24) is 5.16 Å². The van der Waals surface area contributed by atoms with Crippen molar-refractivity contribution in [3.05, 3.63) is 64.6 Å². The molecule has 0 fully saturated rings. The zero-order valence-corrected chi connectivity index (χ0v) is 15.0. The van der Waals surface area contributed by atoms with Crippen molar-refractivity contribution in [2.24, 2.45) is 0 Å². The molecule has 1 aromatic heterocycles. The van der Waals surface area contributed by atoms with E-state index < -0.39 is 11.7 Å². The van der Waals surface area contributed by atoms with Crippen LogP contribution in [0.15, 0.2) is 51.9 Å². The predicted molar refractivity (Wildman–Crippen MR) is 97.8 cm³/mol. The fraction of sp³-hybridized carbons (Fsp3) is 0.111. The Bertz CT molecular complexity index is 922. The molecule has 0 saturated heterocycles. The maximum absolute atomic E-state index is 14.2. The van der Waals surface area contributed by atoms with Gasteiger partial charge in [-0.2, -0.15) is 0 Å². The van der Waals surface area contributed by atoms with Crippen molar-refractivity contribution in [3.63, 3.8) is 0 Å². The quantitative estimate of drug-likeness (QED) is 0.618. The first kappa shape index (κ1) is 17.5. The van der Waals surface area contributed by atoms with Gasteiger partial charge < -0.3 is 9.84 Å². The highest BCUT2D eigenvalue weighted by molar-refractivity contribution is 7.98. The first-order valence-electron chi connectivity index (χ1n) is 7.38. The van der Waals surface area contributed by atoms with Crippen LogP contribution in [0.3, 0.4) is 0 Å². The van der Waals surface area contributed by atoms with Crippen molar-refractivity contribution >= 4 is 35.0 Å². The Morgan fingerprint density at radius 3 is 2.72 bits per heavy atom. The molecule has 3 aromatic rings. The van der Waals surface area contributed by atoms with Crippen LogP contribution in [0.5, 0.6) is 0 Å². The van der Waals surface area contributed by atoms with E-state index in [2.05, 4.69) is 10.5 Å². The number of aromatic nitrogens is 1. The first-order valence-corrected chi connectivity index (χ1v) is 8.98. The number of nitrogens with one attached hydrogen (secondary N) is 1. The second-order valence-corrected chi connectivity index (χ2v) is 6.47. The summed E-state index contributed by atoms with van der Waals surface area (Å²) in [6.45, 7) is 1.60. The Labute approximate surface area is 153 Å². The van der Waals surface area contributed by atoms with E-state index in [9.17, 15) is 9.18 Å². The summed E-state index contributed by atoms with van der Waals surface area (Å²) < 4.78 is 19.4. The van der Waals surface area contributed by atoms with Crippen LogP contribution in [0.25, 0.3) is 11.3 Å². The molecular weight excluding hydrogens is 363 g/mol. The molecule has 7 heteroatoms. The largest absolute Gasteiger partial charge is 0.360 e. The molecule has 0 radical (unpaired) electrons. The van der Waals surface area contributed by atoms with Crippen LogP contribution in [0.4, 0.5) is 10.1 Å². The van der Waals surface area contributed by atoms with E-state index in [1.165, 1.54) is 30.0 Å². The fourth-order valence-corrected chi connectivity index (χ4v) is 3.27. The average molecular weight is 377 g/mol. The van der Waals surface area contributed by atoms with Gasteiger partial charge in [-0.25, -0.2) is 4.39 Å². The maximum atomic E-state index is 14.2. The summed E-state index contributed by atoms with van der Waals surface area (Å²) in [5.41, 5.74) is 0.943. The minimum atomic E-state index is -0.570. The van der Waals surface area contributed by atoms with Crippen molar-refractivity contribution in [2.75, 3.05) is 11.6 Å². The lowest BCUT2D eigenvalue weighted by molar-refractivity contribution is 0.102. The van der Waals surface area contributed by atoms with E-state index in [0.29, 0.717) is 5.69 Å². The van der Waals surface area contributed by atoms with E-state index in [4.69, 9.17) is 16.1 Å². The van der Waals surface area contributed by atoms with Crippen LogP contribution >= 0.6 is 23.4 Å². The van der Waals surface area contributed by atoms with Gasteiger partial charge in [-0.1, -0.05) is 35.0 Å². The smallest absolute Gasteiger partial charge is 0.261 e. The number of para-hydroxylation sites is 1. The van der Waals surface area contributed by atoms with Gasteiger partial charge in [0.15, 0.2) is 0 Å². The van der Waals surface area contributed by atoms with E-state index in [0.717, 1.165) is 4.90 Å². The summed E-state index contributed by atoms with van der Waals surface area (Å²) in [5, 5.41) is 6.84. The van der Waals surface area contributed by atoms with Gasteiger partial charge in [-0.3, -0.25) is 4.79 Å². The van der Waals surface area contributed by atoms with Gasteiger partial charge in [0.1, 0.15) is 22.8 Å². The highest BCUT2D eigenvalue weighted by Gasteiger charge is 2.25. The zero-order chi connectivity index (χ0) is 18.0. The van der Waals surface area contributed by atoms with Crippen LogP contribution < -0.4 is 5.32 Å². The molecule has 25 heavy (non-hydrogen) atoms. The summed E-state index contributed by atoms with van der Waals surface area (Å²) in [5.74, 6) is -0.720. The summed E-state index contributed by atoms with van der Waals surface area (Å²) in [6.07, 6.45) is 1.92. The number of hydrogen-bond donors (Lipinski definition) is 1. The number of rotatable bonds is 4. The molecule has 128 valence electrons. The number of carbonyl (C=O) groups is 1. The van der Waals surface area contributed by atoms with Crippen molar-refractivity contribution in [3.8, 4) is 11.3 Å². The van der Waals surface area contributed by atoms with Crippen LogP contribution in [0.1, 0.15) is 16.1 Å². The number of anilines is 1. The number of halogens is 2. The number of aryl methyl sites for hydroxylation is 1. The Hall–Kier alpha value is -2.31. The molecule has 0 atom stereocenters. The lowest BCUT2D eigenvalue weighted by Crippen LogP contribution is -2.14. The Morgan fingerprint density at radius 1 is 1.24 bits per heavy atom. The highest BCUT2D eigenvalue weighted by atomic mass is 35.5. The third-order valence-electron chi connectivity index (χ3n) is 3.64. The highest BCUT2D eigenvalue weighted by Crippen LogP contribution is 2.34. The average Bonchev–Trinajstić information content (AvgIpc) is 2.96. The summed E-state index contributed by atoms with van der Waals surface area (Å²) >= 11 is 7.61.